The second-order valence-electron chi connectivity index (χ2n) is 3.89. The van der Waals surface area contributed by atoms with Crippen molar-refractivity contribution in [3.63, 3.8) is 0 Å². The van der Waals surface area contributed by atoms with Crippen LogP contribution in [0.15, 0.2) is 46.2 Å². The number of benzene rings is 2. The summed E-state index contributed by atoms with van der Waals surface area (Å²) in [4.78, 5) is 22.4. The van der Waals surface area contributed by atoms with Crippen LogP contribution < -0.4 is 0 Å². The largest absolute Gasteiger partial charge is 0.477 e. The normalized spacial score (nSPS) is 10.4. The van der Waals surface area contributed by atoms with Gasteiger partial charge in [-0.15, -0.1) is 0 Å². The van der Waals surface area contributed by atoms with Gasteiger partial charge in [0.05, 0.1) is 19.9 Å². The number of nitrogens with zero attached hydrogens (tertiary/aromatic N) is 1. The maximum Gasteiger partial charge on any atom is 0.342 e. The zero-order valence-corrected chi connectivity index (χ0v) is 12.6. The summed E-state index contributed by atoms with van der Waals surface area (Å²) in [5.74, 6) is -1.35. The first-order valence-electron chi connectivity index (χ1n) is 5.53. The summed E-state index contributed by atoms with van der Waals surface area (Å²) in [6.07, 6.45) is 0. The van der Waals surface area contributed by atoms with E-state index in [1.165, 1.54) is 18.2 Å². The molecule has 5 nitrogen and oxygen atoms in total. The fourth-order valence-corrected chi connectivity index (χ4v) is 2.99. The summed E-state index contributed by atoms with van der Waals surface area (Å²) in [5, 5.41) is 20.9. The zero-order valence-electron chi connectivity index (χ0n) is 10.2. The molecule has 0 radical (unpaired) electrons. The number of aromatic carboxylic acids is 1. The van der Waals surface area contributed by atoms with Crippen LogP contribution in [0.25, 0.3) is 0 Å². The Kier molecular flexibility index (Phi) is 4.72. The highest BCUT2D eigenvalue weighted by atomic mass is 35.5. The second-order valence-corrected chi connectivity index (χ2v) is 5.82. The number of hydrogen-bond donors (Lipinski definition) is 1. The number of rotatable bonds is 4. The molecule has 0 heterocycles. The first-order chi connectivity index (χ1) is 9.90. The number of hydrogen-bond acceptors (Lipinski definition) is 4. The maximum atomic E-state index is 11.1. The predicted octanol–water partition coefficient (Wildman–Crippen LogP) is 4.75. The van der Waals surface area contributed by atoms with Crippen molar-refractivity contribution >= 4 is 46.6 Å². The van der Waals surface area contributed by atoms with Crippen molar-refractivity contribution in [2.24, 2.45) is 0 Å². The number of nitro benzene ring substituents is 1. The highest BCUT2D eigenvalue weighted by Gasteiger charge is 2.24. The highest BCUT2D eigenvalue weighted by molar-refractivity contribution is 7.99. The van der Waals surface area contributed by atoms with Crippen molar-refractivity contribution in [2.45, 2.75) is 9.79 Å². The Balaban J connectivity index is 2.48. The van der Waals surface area contributed by atoms with Crippen molar-refractivity contribution in [3.8, 4) is 0 Å². The van der Waals surface area contributed by atoms with Crippen LogP contribution in [0.3, 0.4) is 0 Å². The van der Waals surface area contributed by atoms with Gasteiger partial charge >= 0.3 is 5.97 Å². The van der Waals surface area contributed by atoms with Crippen molar-refractivity contribution in [1.29, 1.82) is 0 Å². The molecule has 1 N–H and O–H groups in total. The van der Waals surface area contributed by atoms with E-state index in [2.05, 4.69) is 0 Å². The van der Waals surface area contributed by atoms with Crippen LogP contribution in [0.1, 0.15) is 10.4 Å². The fraction of sp³-hybridized carbons (Fsp3) is 0. The number of nitro groups is 1. The number of carboxylic acid groups (broad SMARTS) is 1. The van der Waals surface area contributed by atoms with E-state index in [1.807, 2.05) is 0 Å². The summed E-state index contributed by atoms with van der Waals surface area (Å²) in [5.41, 5.74) is -0.800. The molecule has 0 aliphatic carbocycles. The van der Waals surface area contributed by atoms with Gasteiger partial charge in [-0.2, -0.15) is 0 Å². The smallest absolute Gasteiger partial charge is 0.342 e. The monoisotopic (exact) mass is 343 g/mol. The summed E-state index contributed by atoms with van der Waals surface area (Å²) < 4.78 is 0. The lowest BCUT2D eigenvalue weighted by Gasteiger charge is -2.06. The molecule has 8 heteroatoms. The van der Waals surface area contributed by atoms with E-state index in [0.29, 0.717) is 14.9 Å². The van der Waals surface area contributed by atoms with Crippen LogP contribution in [0.4, 0.5) is 5.69 Å². The van der Waals surface area contributed by atoms with Crippen LogP contribution in [-0.2, 0) is 0 Å². The fourth-order valence-electron chi connectivity index (χ4n) is 1.63. The third-order valence-electron chi connectivity index (χ3n) is 2.53. The van der Waals surface area contributed by atoms with Gasteiger partial charge in [-0.1, -0.05) is 41.0 Å². The molecule has 2 aromatic carbocycles. The number of carbonyl (C=O) groups is 1. The molecule has 0 aromatic heterocycles. The molecule has 0 fully saturated rings. The molecule has 0 aliphatic heterocycles. The van der Waals surface area contributed by atoms with Gasteiger partial charge in [0, 0.05) is 4.90 Å². The average molecular weight is 344 g/mol. The van der Waals surface area contributed by atoms with Crippen LogP contribution >= 0.6 is 35.0 Å². The third-order valence-corrected chi connectivity index (χ3v) is 4.31. The number of para-hydroxylation sites is 1. The molecular formula is C13H7Cl2NO4S. The van der Waals surface area contributed by atoms with Crippen LogP contribution in [0.5, 0.6) is 0 Å². The Hall–Kier alpha value is -1.76. The van der Waals surface area contributed by atoms with Gasteiger partial charge in [-0.25, -0.2) is 4.79 Å². The van der Waals surface area contributed by atoms with E-state index in [-0.39, 0.29) is 10.5 Å². The molecular weight excluding hydrogens is 337 g/mol. The van der Waals surface area contributed by atoms with Gasteiger partial charge in [0.15, 0.2) is 0 Å². The minimum Gasteiger partial charge on any atom is -0.477 e. The van der Waals surface area contributed by atoms with Gasteiger partial charge in [-0.05, 0) is 30.3 Å². The Morgan fingerprint density at radius 3 is 2.48 bits per heavy atom. The summed E-state index contributed by atoms with van der Waals surface area (Å²) in [7, 11) is 0. The second kappa shape index (κ2) is 6.34. The Bertz CT molecular complexity index is 736. The van der Waals surface area contributed by atoms with Crippen molar-refractivity contribution in [3.05, 3.63) is 62.1 Å². The molecule has 0 amide bonds. The third kappa shape index (κ3) is 3.47. The minimum atomic E-state index is -1.35. The molecule has 0 saturated heterocycles. The minimum absolute atomic E-state index is 0.221. The first kappa shape index (κ1) is 15.6. The number of halogens is 2. The van der Waals surface area contributed by atoms with E-state index < -0.39 is 16.6 Å². The molecule has 108 valence electrons. The molecule has 0 atom stereocenters. The molecule has 0 aliphatic rings. The SMILES string of the molecule is O=C(O)c1cccc(Sc2ccc(Cl)c(Cl)c2)c1[N+](=O)[O-]. The molecule has 2 rings (SSSR count). The van der Waals surface area contributed by atoms with Gasteiger partial charge < -0.3 is 5.11 Å². The Labute approximate surface area is 133 Å². The summed E-state index contributed by atoms with van der Waals surface area (Å²) in [6.45, 7) is 0. The van der Waals surface area contributed by atoms with Gasteiger partial charge in [0.2, 0.25) is 0 Å². The molecule has 21 heavy (non-hydrogen) atoms. The standard InChI is InChI=1S/C13H7Cl2NO4S/c14-9-5-4-7(6-10(9)15)21-11-3-1-2-8(13(17)18)12(11)16(19)20/h1-6H,(H,17,18). The highest BCUT2D eigenvalue weighted by Crippen LogP contribution is 2.38. The van der Waals surface area contributed by atoms with E-state index in [1.54, 1.807) is 18.2 Å². The summed E-state index contributed by atoms with van der Waals surface area (Å²) >= 11 is 12.7. The predicted molar refractivity (Wildman–Crippen MR) is 80.6 cm³/mol. The molecule has 0 spiro atoms. The molecule has 0 bridgehead atoms. The first-order valence-corrected chi connectivity index (χ1v) is 7.11. The zero-order chi connectivity index (χ0) is 15.6. The lowest BCUT2D eigenvalue weighted by atomic mass is 10.2. The molecule has 0 saturated carbocycles. The van der Waals surface area contributed by atoms with Crippen LogP contribution in [0, 0.1) is 10.1 Å². The molecule has 2 aromatic rings. The van der Waals surface area contributed by atoms with E-state index in [0.717, 1.165) is 11.8 Å². The van der Waals surface area contributed by atoms with Crippen molar-refractivity contribution in [1.82, 2.24) is 0 Å². The lowest BCUT2D eigenvalue weighted by molar-refractivity contribution is -0.388. The summed E-state index contributed by atoms with van der Waals surface area (Å²) in [6, 6.07) is 8.91. The topological polar surface area (TPSA) is 80.4 Å². The van der Waals surface area contributed by atoms with E-state index in [9.17, 15) is 14.9 Å². The van der Waals surface area contributed by atoms with Gasteiger partial charge in [-0.3, -0.25) is 10.1 Å². The van der Waals surface area contributed by atoms with Crippen molar-refractivity contribution < 1.29 is 14.8 Å². The lowest BCUT2D eigenvalue weighted by Crippen LogP contribution is -2.03. The maximum absolute atomic E-state index is 11.1. The Morgan fingerprint density at radius 2 is 1.90 bits per heavy atom. The van der Waals surface area contributed by atoms with Crippen LogP contribution in [-0.4, -0.2) is 16.0 Å². The number of carboxylic acids is 1. The average Bonchev–Trinajstić information content (AvgIpc) is 2.42. The van der Waals surface area contributed by atoms with Crippen molar-refractivity contribution in [2.75, 3.05) is 0 Å². The Morgan fingerprint density at radius 1 is 1.19 bits per heavy atom. The molecule has 0 unspecified atom stereocenters. The van der Waals surface area contributed by atoms with E-state index >= 15 is 0 Å². The quantitative estimate of drug-likeness (QED) is 0.639. The van der Waals surface area contributed by atoms with Gasteiger partial charge in [0.1, 0.15) is 5.56 Å². The van der Waals surface area contributed by atoms with Crippen LogP contribution in [0.2, 0.25) is 10.0 Å². The van der Waals surface area contributed by atoms with E-state index in [4.69, 9.17) is 28.3 Å². The van der Waals surface area contributed by atoms with Gasteiger partial charge in [0.25, 0.3) is 5.69 Å².